The molecule has 2 rings (SSSR count). The average molecular weight is 319 g/mol. The van der Waals surface area contributed by atoms with E-state index < -0.39 is 35.5 Å². The molecule has 3 atom stereocenters. The topological polar surface area (TPSA) is 49.3 Å². The summed E-state index contributed by atoms with van der Waals surface area (Å²) in [4.78, 5) is 11.0. The van der Waals surface area contributed by atoms with Crippen molar-refractivity contribution in [2.75, 3.05) is 6.54 Å². The maximum atomic E-state index is 14.0. The number of carboxylic acid groups (broad SMARTS) is 1. The lowest BCUT2D eigenvalue weighted by Crippen LogP contribution is -2.36. The Labute approximate surface area is 125 Å². The van der Waals surface area contributed by atoms with Gasteiger partial charge in [-0.2, -0.15) is 13.2 Å². The molecular formula is C15H17F4NO2. The van der Waals surface area contributed by atoms with Gasteiger partial charge in [0.2, 0.25) is 0 Å². The molecule has 122 valence electrons. The summed E-state index contributed by atoms with van der Waals surface area (Å²) < 4.78 is 51.6. The molecule has 22 heavy (non-hydrogen) atoms. The largest absolute Gasteiger partial charge is 0.481 e. The van der Waals surface area contributed by atoms with Gasteiger partial charge in [-0.15, -0.1) is 0 Å². The van der Waals surface area contributed by atoms with Gasteiger partial charge in [0.05, 0.1) is 11.5 Å². The maximum Gasteiger partial charge on any atom is 0.416 e. The Morgan fingerprint density at radius 1 is 1.41 bits per heavy atom. The first-order valence-corrected chi connectivity index (χ1v) is 7.03. The molecule has 0 aliphatic carbocycles. The van der Waals surface area contributed by atoms with E-state index >= 15 is 0 Å². The predicted molar refractivity (Wildman–Crippen MR) is 71.7 cm³/mol. The van der Waals surface area contributed by atoms with Crippen LogP contribution in [0.25, 0.3) is 0 Å². The van der Waals surface area contributed by atoms with Gasteiger partial charge in [0.25, 0.3) is 0 Å². The van der Waals surface area contributed by atoms with E-state index in [-0.39, 0.29) is 11.5 Å². The van der Waals surface area contributed by atoms with Crippen LogP contribution in [-0.2, 0) is 11.0 Å². The van der Waals surface area contributed by atoms with Crippen molar-refractivity contribution in [3.8, 4) is 0 Å². The first kappa shape index (κ1) is 16.7. The Bertz CT molecular complexity index is 559. The fourth-order valence-electron chi connectivity index (χ4n) is 2.83. The molecule has 1 fully saturated rings. The number of piperidine rings is 1. The van der Waals surface area contributed by atoms with Crippen LogP contribution in [0, 0.1) is 17.7 Å². The molecule has 1 aromatic rings. The van der Waals surface area contributed by atoms with Crippen LogP contribution < -0.4 is 5.32 Å². The molecule has 0 spiro atoms. The lowest BCUT2D eigenvalue weighted by atomic mass is 9.81. The quantitative estimate of drug-likeness (QED) is 0.837. The minimum absolute atomic E-state index is 0.134. The molecule has 0 bridgehead atoms. The third-order valence-electron chi connectivity index (χ3n) is 4.24. The summed E-state index contributed by atoms with van der Waals surface area (Å²) in [6.07, 6.45) is -3.55. The Kier molecular flexibility index (Phi) is 4.75. The van der Waals surface area contributed by atoms with Crippen molar-refractivity contribution >= 4 is 5.97 Å². The lowest BCUT2D eigenvalue weighted by Gasteiger charge is -2.33. The SMILES string of the molecule is CC(C(=O)O)[C@H]1CCN[C@H](c2ccc(C(F)(F)F)cc2F)C1. The fraction of sp³-hybridized carbons (Fsp3) is 0.533. The van der Waals surface area contributed by atoms with E-state index in [2.05, 4.69) is 5.32 Å². The van der Waals surface area contributed by atoms with Crippen LogP contribution in [0.3, 0.4) is 0 Å². The van der Waals surface area contributed by atoms with Crippen LogP contribution >= 0.6 is 0 Å². The normalized spacial score (nSPS) is 24.0. The molecule has 1 heterocycles. The van der Waals surface area contributed by atoms with Gasteiger partial charge < -0.3 is 10.4 Å². The second-order valence-electron chi connectivity index (χ2n) is 5.65. The fourth-order valence-corrected chi connectivity index (χ4v) is 2.83. The number of carbonyl (C=O) groups is 1. The van der Waals surface area contributed by atoms with Crippen molar-refractivity contribution < 1.29 is 27.5 Å². The minimum Gasteiger partial charge on any atom is -0.481 e. The molecule has 1 unspecified atom stereocenters. The highest BCUT2D eigenvalue weighted by atomic mass is 19.4. The average Bonchev–Trinajstić information content (AvgIpc) is 2.45. The number of alkyl halides is 3. The highest BCUT2D eigenvalue weighted by molar-refractivity contribution is 5.69. The van der Waals surface area contributed by atoms with Crippen molar-refractivity contribution in [2.24, 2.45) is 11.8 Å². The Morgan fingerprint density at radius 2 is 2.09 bits per heavy atom. The summed E-state index contributed by atoms with van der Waals surface area (Å²) in [5.41, 5.74) is -0.879. The van der Waals surface area contributed by atoms with Gasteiger partial charge in [-0.1, -0.05) is 13.0 Å². The van der Waals surface area contributed by atoms with Crippen LogP contribution in [0.1, 0.15) is 36.9 Å². The number of halogens is 4. The number of hydrogen-bond acceptors (Lipinski definition) is 2. The van der Waals surface area contributed by atoms with Crippen LogP contribution in [-0.4, -0.2) is 17.6 Å². The third-order valence-corrected chi connectivity index (χ3v) is 4.24. The van der Waals surface area contributed by atoms with Crippen molar-refractivity contribution in [2.45, 2.75) is 32.0 Å². The van der Waals surface area contributed by atoms with E-state index in [0.29, 0.717) is 25.5 Å². The van der Waals surface area contributed by atoms with Crippen molar-refractivity contribution in [3.63, 3.8) is 0 Å². The van der Waals surface area contributed by atoms with Crippen molar-refractivity contribution in [3.05, 3.63) is 35.1 Å². The molecule has 0 amide bonds. The van der Waals surface area contributed by atoms with E-state index in [0.717, 1.165) is 12.1 Å². The summed E-state index contributed by atoms with van der Waals surface area (Å²) in [5.74, 6) is -2.54. The highest BCUT2D eigenvalue weighted by Gasteiger charge is 2.34. The van der Waals surface area contributed by atoms with Gasteiger partial charge in [0.15, 0.2) is 0 Å². The maximum absolute atomic E-state index is 14.0. The Morgan fingerprint density at radius 3 is 2.64 bits per heavy atom. The molecule has 0 aromatic heterocycles. The second kappa shape index (κ2) is 6.24. The molecule has 3 nitrogen and oxygen atoms in total. The van der Waals surface area contributed by atoms with E-state index in [1.807, 2.05) is 0 Å². The Hall–Kier alpha value is -1.63. The molecule has 7 heteroatoms. The molecular weight excluding hydrogens is 302 g/mol. The summed E-state index contributed by atoms with van der Waals surface area (Å²) in [6.45, 7) is 2.10. The smallest absolute Gasteiger partial charge is 0.416 e. The first-order valence-electron chi connectivity index (χ1n) is 7.03. The summed E-state index contributed by atoms with van der Waals surface area (Å²) >= 11 is 0. The number of benzene rings is 1. The summed E-state index contributed by atoms with van der Waals surface area (Å²) in [6, 6.07) is 2.00. The zero-order chi connectivity index (χ0) is 16.5. The van der Waals surface area contributed by atoms with Gasteiger partial charge in [-0.05, 0) is 37.4 Å². The standard InChI is InChI=1S/C15H17F4NO2/c1-8(14(21)22)9-4-5-20-13(6-9)11-3-2-10(7-12(11)16)15(17,18)19/h2-3,7-9,13,20H,4-6H2,1H3,(H,21,22)/t8?,9-,13-/m0/s1. The second-order valence-corrected chi connectivity index (χ2v) is 5.65. The number of hydrogen-bond donors (Lipinski definition) is 2. The summed E-state index contributed by atoms with van der Waals surface area (Å²) in [5, 5.41) is 12.1. The molecule has 0 saturated carbocycles. The van der Waals surface area contributed by atoms with E-state index in [9.17, 15) is 22.4 Å². The van der Waals surface area contributed by atoms with Crippen LogP contribution in [0.4, 0.5) is 17.6 Å². The van der Waals surface area contributed by atoms with E-state index in [1.54, 1.807) is 6.92 Å². The van der Waals surface area contributed by atoms with Gasteiger partial charge in [0, 0.05) is 11.6 Å². The molecule has 1 aliphatic heterocycles. The highest BCUT2D eigenvalue weighted by Crippen LogP contribution is 2.35. The molecule has 2 N–H and O–H groups in total. The van der Waals surface area contributed by atoms with E-state index in [4.69, 9.17) is 5.11 Å². The van der Waals surface area contributed by atoms with Gasteiger partial charge in [-0.3, -0.25) is 4.79 Å². The molecule has 0 radical (unpaired) electrons. The number of aliphatic carboxylic acids is 1. The van der Waals surface area contributed by atoms with Crippen LogP contribution in [0.5, 0.6) is 0 Å². The van der Waals surface area contributed by atoms with Crippen LogP contribution in [0.2, 0.25) is 0 Å². The van der Waals surface area contributed by atoms with Gasteiger partial charge in [-0.25, -0.2) is 4.39 Å². The molecule has 1 aromatic carbocycles. The van der Waals surface area contributed by atoms with Crippen molar-refractivity contribution in [1.29, 1.82) is 0 Å². The minimum atomic E-state index is -4.58. The van der Waals surface area contributed by atoms with E-state index in [1.165, 1.54) is 0 Å². The first-order chi connectivity index (χ1) is 10.2. The number of carboxylic acids is 1. The lowest BCUT2D eigenvalue weighted by molar-refractivity contribution is -0.143. The number of nitrogens with one attached hydrogen (secondary N) is 1. The summed E-state index contributed by atoms with van der Waals surface area (Å²) in [7, 11) is 0. The zero-order valence-corrected chi connectivity index (χ0v) is 12.0. The van der Waals surface area contributed by atoms with Crippen molar-refractivity contribution in [1.82, 2.24) is 5.32 Å². The Balaban J connectivity index is 2.19. The molecule has 1 saturated heterocycles. The van der Waals surface area contributed by atoms with Gasteiger partial charge >= 0.3 is 12.1 Å². The zero-order valence-electron chi connectivity index (χ0n) is 12.0. The van der Waals surface area contributed by atoms with Crippen LogP contribution in [0.15, 0.2) is 18.2 Å². The van der Waals surface area contributed by atoms with Gasteiger partial charge in [0.1, 0.15) is 5.82 Å². The monoisotopic (exact) mass is 319 g/mol. The third kappa shape index (κ3) is 3.58. The number of rotatable bonds is 3. The molecule has 1 aliphatic rings. The predicted octanol–water partition coefficient (Wildman–Crippen LogP) is 3.61.